The van der Waals surface area contributed by atoms with Crippen molar-refractivity contribution < 1.29 is 0 Å². The standard InChI is InChI=1S/C49H34N4/c1-5-17-33(18-6-1)35-31-41(34-19-7-2-8-20-34)50-45(32-35)53-42-27-15-13-25-38(42)39-29-30-44-46(47(39)53)49-48(52(44)37-23-11-4-12-24-37)40-26-14-16-28-43(40)51(49)36-21-9-3-10-22-36/h1-32,45,50H. The Bertz CT molecular complexity index is 3020. The number of fused-ring (bicyclic) bond motifs is 9. The Kier molecular flexibility index (Phi) is 6.58. The number of nitrogens with zero attached hydrogens (tertiary/aromatic N) is 3. The molecule has 0 radical (unpaired) electrons. The third-order valence-corrected chi connectivity index (χ3v) is 10.8. The topological polar surface area (TPSA) is 26.8 Å². The number of para-hydroxylation sites is 4. The molecule has 4 heteroatoms. The largest absolute Gasteiger partial charge is 0.361 e. The number of dihydropyridines is 1. The number of hydrogen-bond acceptors (Lipinski definition) is 1. The maximum absolute atomic E-state index is 4.01. The maximum Gasteiger partial charge on any atom is 0.124 e. The van der Waals surface area contributed by atoms with E-state index in [1.54, 1.807) is 0 Å². The van der Waals surface area contributed by atoms with Crippen molar-refractivity contribution in [3.63, 3.8) is 0 Å². The van der Waals surface area contributed by atoms with Crippen molar-refractivity contribution in [2.24, 2.45) is 0 Å². The van der Waals surface area contributed by atoms with Crippen molar-refractivity contribution in [2.45, 2.75) is 6.17 Å². The molecular weight excluding hydrogens is 645 g/mol. The highest BCUT2D eigenvalue weighted by Crippen LogP contribution is 2.46. The molecular formula is C49H34N4. The van der Waals surface area contributed by atoms with E-state index in [0.717, 1.165) is 22.6 Å². The minimum atomic E-state index is -0.178. The summed E-state index contributed by atoms with van der Waals surface area (Å²) in [5.41, 5.74) is 14.1. The summed E-state index contributed by atoms with van der Waals surface area (Å²) < 4.78 is 7.50. The molecule has 0 saturated heterocycles. The van der Waals surface area contributed by atoms with Crippen LogP contribution in [0.25, 0.3) is 77.3 Å². The van der Waals surface area contributed by atoms with Gasteiger partial charge >= 0.3 is 0 Å². The molecule has 0 fully saturated rings. The van der Waals surface area contributed by atoms with Crippen LogP contribution in [-0.2, 0) is 0 Å². The van der Waals surface area contributed by atoms with E-state index < -0.39 is 0 Å². The van der Waals surface area contributed by atoms with Gasteiger partial charge < -0.3 is 19.0 Å². The van der Waals surface area contributed by atoms with Crippen molar-refractivity contribution in [3.8, 4) is 11.4 Å². The van der Waals surface area contributed by atoms with Crippen molar-refractivity contribution in [3.05, 3.63) is 205 Å². The van der Waals surface area contributed by atoms with Crippen LogP contribution in [0.3, 0.4) is 0 Å². The summed E-state index contributed by atoms with van der Waals surface area (Å²) in [6.07, 6.45) is 4.51. The minimum absolute atomic E-state index is 0.178. The predicted octanol–water partition coefficient (Wildman–Crippen LogP) is 12.1. The molecule has 250 valence electrons. The number of nitrogens with one attached hydrogen (secondary N) is 1. The van der Waals surface area contributed by atoms with Gasteiger partial charge in [-0.05, 0) is 71.3 Å². The summed E-state index contributed by atoms with van der Waals surface area (Å²) in [5, 5.41) is 8.93. The summed E-state index contributed by atoms with van der Waals surface area (Å²) in [4.78, 5) is 0. The van der Waals surface area contributed by atoms with Gasteiger partial charge in [-0.25, -0.2) is 0 Å². The van der Waals surface area contributed by atoms with E-state index in [0.29, 0.717) is 0 Å². The minimum Gasteiger partial charge on any atom is -0.361 e. The van der Waals surface area contributed by atoms with Gasteiger partial charge in [0.15, 0.2) is 0 Å². The van der Waals surface area contributed by atoms with Crippen molar-refractivity contribution >= 4 is 65.9 Å². The lowest BCUT2D eigenvalue weighted by Gasteiger charge is -2.28. The first-order valence-corrected chi connectivity index (χ1v) is 18.2. The van der Waals surface area contributed by atoms with Gasteiger partial charge in [0.1, 0.15) is 6.17 Å². The monoisotopic (exact) mass is 678 g/mol. The molecule has 0 amide bonds. The second kappa shape index (κ2) is 11.8. The molecule has 1 unspecified atom stereocenters. The van der Waals surface area contributed by atoms with E-state index in [2.05, 4.69) is 213 Å². The highest BCUT2D eigenvalue weighted by Gasteiger charge is 2.28. The highest BCUT2D eigenvalue weighted by molar-refractivity contribution is 6.29. The van der Waals surface area contributed by atoms with Crippen molar-refractivity contribution in [1.29, 1.82) is 0 Å². The lowest BCUT2D eigenvalue weighted by Crippen LogP contribution is -2.26. The zero-order valence-electron chi connectivity index (χ0n) is 28.9. The fourth-order valence-corrected chi connectivity index (χ4v) is 8.63. The number of rotatable bonds is 5. The third-order valence-electron chi connectivity index (χ3n) is 10.8. The van der Waals surface area contributed by atoms with E-state index in [4.69, 9.17) is 0 Å². The van der Waals surface area contributed by atoms with Crippen LogP contribution in [0.2, 0.25) is 0 Å². The first kappa shape index (κ1) is 29.7. The van der Waals surface area contributed by atoms with Gasteiger partial charge in [0, 0.05) is 38.6 Å². The van der Waals surface area contributed by atoms with Crippen molar-refractivity contribution in [2.75, 3.05) is 0 Å². The summed E-state index contributed by atoms with van der Waals surface area (Å²) >= 11 is 0. The van der Waals surface area contributed by atoms with Gasteiger partial charge in [-0.2, -0.15) is 0 Å². The second-order valence-corrected chi connectivity index (χ2v) is 13.8. The molecule has 0 aliphatic carbocycles. The molecule has 7 aromatic carbocycles. The van der Waals surface area contributed by atoms with E-state index in [9.17, 15) is 0 Å². The number of hydrogen-bond donors (Lipinski definition) is 1. The normalized spacial score (nSPS) is 14.6. The lowest BCUT2D eigenvalue weighted by molar-refractivity contribution is 0.592. The Morgan fingerprint density at radius 2 is 0.943 bits per heavy atom. The zero-order chi connectivity index (χ0) is 34.9. The lowest BCUT2D eigenvalue weighted by atomic mass is 9.98. The van der Waals surface area contributed by atoms with Gasteiger partial charge in [-0.15, -0.1) is 0 Å². The summed E-state index contributed by atoms with van der Waals surface area (Å²) in [7, 11) is 0. The van der Waals surface area contributed by atoms with E-state index in [1.165, 1.54) is 65.8 Å². The molecule has 4 heterocycles. The molecule has 1 aliphatic rings. The van der Waals surface area contributed by atoms with Gasteiger partial charge in [0.2, 0.25) is 0 Å². The molecule has 11 rings (SSSR count). The average molecular weight is 679 g/mol. The van der Waals surface area contributed by atoms with Crippen LogP contribution in [0.5, 0.6) is 0 Å². The maximum atomic E-state index is 4.01. The summed E-state index contributed by atoms with van der Waals surface area (Å²) in [6.45, 7) is 0. The number of benzene rings is 7. The number of aromatic nitrogens is 3. The third kappa shape index (κ3) is 4.49. The molecule has 0 spiro atoms. The van der Waals surface area contributed by atoms with Gasteiger partial charge in [0.05, 0.1) is 33.1 Å². The first-order valence-electron chi connectivity index (χ1n) is 18.2. The molecule has 1 N–H and O–H groups in total. The molecule has 1 aliphatic heterocycles. The van der Waals surface area contributed by atoms with Crippen LogP contribution >= 0.6 is 0 Å². The SMILES string of the molecule is C1=C(c2ccccc2)C=C(c2ccccc2)NC1n1c2ccccc2c2ccc3c(c4c(c5ccccc5n4-c4ccccc4)n3-c3ccccc3)c21. The Morgan fingerprint density at radius 3 is 1.62 bits per heavy atom. The van der Waals surface area contributed by atoms with Crippen LogP contribution in [0.15, 0.2) is 194 Å². The highest BCUT2D eigenvalue weighted by atomic mass is 15.2. The first-order chi connectivity index (χ1) is 26.3. The molecule has 0 saturated carbocycles. The van der Waals surface area contributed by atoms with E-state index in [1.807, 2.05) is 0 Å². The van der Waals surface area contributed by atoms with Crippen molar-refractivity contribution in [1.82, 2.24) is 19.0 Å². The smallest absolute Gasteiger partial charge is 0.124 e. The molecule has 53 heavy (non-hydrogen) atoms. The van der Waals surface area contributed by atoms with Gasteiger partial charge in [-0.1, -0.05) is 140 Å². The van der Waals surface area contributed by atoms with Gasteiger partial charge in [-0.3, -0.25) is 0 Å². The zero-order valence-corrected chi connectivity index (χ0v) is 28.9. The van der Waals surface area contributed by atoms with Crippen LogP contribution < -0.4 is 5.32 Å². The fraction of sp³-hybridized carbons (Fsp3) is 0.0204. The van der Waals surface area contributed by atoms with Crippen LogP contribution in [-0.4, -0.2) is 13.7 Å². The number of allylic oxidation sites excluding steroid dienone is 2. The Morgan fingerprint density at radius 1 is 0.396 bits per heavy atom. The van der Waals surface area contributed by atoms with Gasteiger partial charge in [0.25, 0.3) is 0 Å². The summed E-state index contributed by atoms with van der Waals surface area (Å²) in [6, 6.07) is 65.5. The average Bonchev–Trinajstić information content (AvgIpc) is 3.87. The Balaban J connectivity index is 1.32. The molecule has 1 atom stereocenters. The Hall–Kier alpha value is -7.04. The Labute approximate surface area is 306 Å². The molecule has 10 aromatic rings. The summed E-state index contributed by atoms with van der Waals surface area (Å²) in [5.74, 6) is 0. The molecule has 0 bridgehead atoms. The predicted molar refractivity (Wildman–Crippen MR) is 222 cm³/mol. The quantitative estimate of drug-likeness (QED) is 0.193. The van der Waals surface area contributed by atoms with E-state index in [-0.39, 0.29) is 6.17 Å². The molecule has 3 aromatic heterocycles. The van der Waals surface area contributed by atoms with Crippen LogP contribution in [0.4, 0.5) is 0 Å². The van der Waals surface area contributed by atoms with E-state index >= 15 is 0 Å². The molecule has 4 nitrogen and oxygen atoms in total. The second-order valence-electron chi connectivity index (χ2n) is 13.8. The van der Waals surface area contributed by atoms with Crippen LogP contribution in [0.1, 0.15) is 17.3 Å². The van der Waals surface area contributed by atoms with Crippen LogP contribution in [0, 0.1) is 0 Å². The fourth-order valence-electron chi connectivity index (χ4n) is 8.63.